The van der Waals surface area contributed by atoms with E-state index in [-0.39, 0.29) is 17.9 Å². The molecule has 2 amide bonds. The van der Waals surface area contributed by atoms with Crippen LogP contribution in [0, 0.1) is 6.92 Å². The zero-order valence-electron chi connectivity index (χ0n) is 17.4. The van der Waals surface area contributed by atoms with Crippen LogP contribution in [0.5, 0.6) is 5.75 Å². The molecule has 30 heavy (non-hydrogen) atoms. The highest BCUT2D eigenvalue weighted by atomic mass is 16.5. The Balaban J connectivity index is 1.69. The molecular weight excluding hydrogens is 376 g/mol. The standard InChI is InChI=1S/C25H26N2O3/c1-4-18(3)30-23-13-7-10-20(16-23)25(29)27-22-12-6-9-19(15-22)24(28)26-21-11-5-8-17(2)14-21/h5-16,18H,4H2,1-3H3,(H,26,28)(H,27,29). The van der Waals surface area contributed by atoms with E-state index in [2.05, 4.69) is 10.6 Å². The van der Waals surface area contributed by atoms with Crippen LogP contribution in [0.25, 0.3) is 0 Å². The molecule has 3 aromatic rings. The van der Waals surface area contributed by atoms with Crippen molar-refractivity contribution in [1.29, 1.82) is 0 Å². The highest BCUT2D eigenvalue weighted by Crippen LogP contribution is 2.19. The predicted octanol–water partition coefficient (Wildman–Crippen LogP) is 5.68. The second-order valence-electron chi connectivity index (χ2n) is 7.22. The van der Waals surface area contributed by atoms with Gasteiger partial charge in [-0.15, -0.1) is 0 Å². The molecule has 154 valence electrons. The minimum atomic E-state index is -0.263. The van der Waals surface area contributed by atoms with Crippen LogP contribution in [0.1, 0.15) is 46.5 Å². The Hall–Kier alpha value is -3.60. The summed E-state index contributed by atoms with van der Waals surface area (Å²) in [5, 5.41) is 5.72. The number of hydrogen-bond acceptors (Lipinski definition) is 3. The highest BCUT2D eigenvalue weighted by molar-refractivity contribution is 6.07. The summed E-state index contributed by atoms with van der Waals surface area (Å²) in [4.78, 5) is 25.2. The summed E-state index contributed by atoms with van der Waals surface area (Å²) in [7, 11) is 0. The minimum Gasteiger partial charge on any atom is -0.491 e. The number of amides is 2. The molecule has 1 atom stereocenters. The van der Waals surface area contributed by atoms with Crippen molar-refractivity contribution in [2.45, 2.75) is 33.3 Å². The fourth-order valence-corrected chi connectivity index (χ4v) is 2.89. The second kappa shape index (κ2) is 9.74. The third kappa shape index (κ3) is 5.70. The fraction of sp³-hybridized carbons (Fsp3) is 0.200. The van der Waals surface area contributed by atoms with Crippen molar-refractivity contribution >= 4 is 23.2 Å². The van der Waals surface area contributed by atoms with Gasteiger partial charge in [-0.3, -0.25) is 9.59 Å². The summed E-state index contributed by atoms with van der Waals surface area (Å²) in [6, 6.07) is 21.5. The lowest BCUT2D eigenvalue weighted by atomic mass is 10.1. The predicted molar refractivity (Wildman–Crippen MR) is 120 cm³/mol. The van der Waals surface area contributed by atoms with E-state index in [4.69, 9.17) is 4.74 Å². The van der Waals surface area contributed by atoms with Crippen LogP contribution < -0.4 is 15.4 Å². The number of carbonyl (C=O) groups excluding carboxylic acids is 2. The monoisotopic (exact) mass is 402 g/mol. The molecule has 3 rings (SSSR count). The van der Waals surface area contributed by atoms with Gasteiger partial charge in [0, 0.05) is 22.5 Å². The molecule has 0 bridgehead atoms. The molecule has 5 heteroatoms. The number of nitrogens with one attached hydrogen (secondary N) is 2. The van der Waals surface area contributed by atoms with Crippen molar-refractivity contribution in [1.82, 2.24) is 0 Å². The molecule has 0 spiro atoms. The van der Waals surface area contributed by atoms with E-state index in [0.717, 1.165) is 17.7 Å². The van der Waals surface area contributed by atoms with E-state index in [0.29, 0.717) is 22.6 Å². The number of anilines is 2. The van der Waals surface area contributed by atoms with Crippen molar-refractivity contribution in [3.05, 3.63) is 89.5 Å². The van der Waals surface area contributed by atoms with Gasteiger partial charge in [0.25, 0.3) is 11.8 Å². The molecule has 0 fully saturated rings. The van der Waals surface area contributed by atoms with Crippen LogP contribution in [0.3, 0.4) is 0 Å². The Labute approximate surface area is 177 Å². The van der Waals surface area contributed by atoms with Crippen molar-refractivity contribution in [2.75, 3.05) is 10.6 Å². The van der Waals surface area contributed by atoms with E-state index < -0.39 is 0 Å². The number of aryl methyl sites for hydroxylation is 1. The van der Waals surface area contributed by atoms with E-state index in [9.17, 15) is 9.59 Å². The van der Waals surface area contributed by atoms with Gasteiger partial charge in [0.15, 0.2) is 0 Å². The first kappa shape index (κ1) is 21.1. The first-order chi connectivity index (χ1) is 14.4. The lowest BCUT2D eigenvalue weighted by molar-refractivity contribution is 0.101. The average molecular weight is 402 g/mol. The molecule has 3 aromatic carbocycles. The molecule has 2 N–H and O–H groups in total. The topological polar surface area (TPSA) is 67.4 Å². The van der Waals surface area contributed by atoms with Gasteiger partial charge in [-0.05, 0) is 74.4 Å². The Bertz CT molecular complexity index is 1050. The van der Waals surface area contributed by atoms with Gasteiger partial charge in [-0.1, -0.05) is 31.2 Å². The number of hydrogen-bond donors (Lipinski definition) is 2. The fourth-order valence-electron chi connectivity index (χ4n) is 2.89. The van der Waals surface area contributed by atoms with E-state index in [1.165, 1.54) is 0 Å². The van der Waals surface area contributed by atoms with Crippen molar-refractivity contribution in [3.8, 4) is 5.75 Å². The van der Waals surface area contributed by atoms with Crippen LogP contribution in [-0.2, 0) is 0 Å². The Morgan fingerprint density at radius 3 is 2.03 bits per heavy atom. The Morgan fingerprint density at radius 1 is 0.833 bits per heavy atom. The van der Waals surface area contributed by atoms with Gasteiger partial charge in [0.2, 0.25) is 0 Å². The molecule has 0 aliphatic rings. The van der Waals surface area contributed by atoms with E-state index >= 15 is 0 Å². The van der Waals surface area contributed by atoms with Gasteiger partial charge < -0.3 is 15.4 Å². The molecule has 0 saturated heterocycles. The highest BCUT2D eigenvalue weighted by Gasteiger charge is 2.11. The summed E-state index contributed by atoms with van der Waals surface area (Å²) in [5.41, 5.74) is 3.29. The third-order valence-corrected chi connectivity index (χ3v) is 4.67. The largest absolute Gasteiger partial charge is 0.491 e. The maximum atomic E-state index is 12.7. The summed E-state index contributed by atoms with van der Waals surface area (Å²) < 4.78 is 5.79. The van der Waals surface area contributed by atoms with Crippen molar-refractivity contribution in [2.24, 2.45) is 0 Å². The maximum absolute atomic E-state index is 12.7. The molecule has 0 aliphatic heterocycles. The normalized spacial score (nSPS) is 11.4. The lowest BCUT2D eigenvalue weighted by Crippen LogP contribution is -2.15. The van der Waals surface area contributed by atoms with Crippen LogP contribution >= 0.6 is 0 Å². The van der Waals surface area contributed by atoms with Crippen LogP contribution in [0.4, 0.5) is 11.4 Å². The summed E-state index contributed by atoms with van der Waals surface area (Å²) in [5.74, 6) is 0.157. The van der Waals surface area contributed by atoms with Crippen molar-refractivity contribution in [3.63, 3.8) is 0 Å². The number of carbonyl (C=O) groups is 2. The van der Waals surface area contributed by atoms with Crippen LogP contribution in [0.15, 0.2) is 72.8 Å². The maximum Gasteiger partial charge on any atom is 0.255 e. The summed E-state index contributed by atoms with van der Waals surface area (Å²) >= 11 is 0. The Kier molecular flexibility index (Phi) is 6.86. The summed E-state index contributed by atoms with van der Waals surface area (Å²) in [6.07, 6.45) is 0.959. The molecule has 0 saturated carbocycles. The summed E-state index contributed by atoms with van der Waals surface area (Å²) in [6.45, 7) is 6.00. The lowest BCUT2D eigenvalue weighted by Gasteiger charge is -2.13. The van der Waals surface area contributed by atoms with Crippen LogP contribution in [-0.4, -0.2) is 17.9 Å². The molecule has 0 aromatic heterocycles. The first-order valence-electron chi connectivity index (χ1n) is 10.0. The minimum absolute atomic E-state index is 0.0758. The quantitative estimate of drug-likeness (QED) is 0.534. The smallest absolute Gasteiger partial charge is 0.255 e. The van der Waals surface area contributed by atoms with Crippen molar-refractivity contribution < 1.29 is 14.3 Å². The van der Waals surface area contributed by atoms with E-state index in [1.54, 1.807) is 42.5 Å². The number of rotatable bonds is 7. The SMILES string of the molecule is CCC(C)Oc1cccc(C(=O)Nc2cccc(C(=O)Nc3cccc(C)c3)c2)c1. The second-order valence-corrected chi connectivity index (χ2v) is 7.22. The molecule has 0 radical (unpaired) electrons. The first-order valence-corrected chi connectivity index (χ1v) is 10.0. The molecule has 0 heterocycles. The van der Waals surface area contributed by atoms with Gasteiger partial charge in [0.1, 0.15) is 5.75 Å². The van der Waals surface area contributed by atoms with Gasteiger partial charge in [0.05, 0.1) is 6.10 Å². The van der Waals surface area contributed by atoms with Gasteiger partial charge in [-0.2, -0.15) is 0 Å². The number of ether oxygens (including phenoxy) is 1. The third-order valence-electron chi connectivity index (χ3n) is 4.67. The molecule has 1 unspecified atom stereocenters. The zero-order chi connectivity index (χ0) is 21.5. The van der Waals surface area contributed by atoms with Gasteiger partial charge in [-0.25, -0.2) is 0 Å². The number of benzene rings is 3. The average Bonchev–Trinajstić information content (AvgIpc) is 2.74. The molecular formula is C25H26N2O3. The molecule has 0 aliphatic carbocycles. The zero-order valence-corrected chi connectivity index (χ0v) is 17.4. The van der Waals surface area contributed by atoms with Gasteiger partial charge >= 0.3 is 0 Å². The van der Waals surface area contributed by atoms with Crippen LogP contribution in [0.2, 0.25) is 0 Å². The van der Waals surface area contributed by atoms with E-state index in [1.807, 2.05) is 51.1 Å². The Morgan fingerprint density at radius 2 is 1.40 bits per heavy atom. The molecule has 5 nitrogen and oxygen atoms in total.